The SMILES string of the molecule is CCc1ccc(NC(=O)[C@@H]2CC(=O)N(c3cc(OC)ccc3OC)C2)cc1. The van der Waals surface area contributed by atoms with Gasteiger partial charge in [-0.1, -0.05) is 19.1 Å². The van der Waals surface area contributed by atoms with Crippen LogP contribution in [0, 0.1) is 5.92 Å². The lowest BCUT2D eigenvalue weighted by atomic mass is 10.1. The first-order valence-corrected chi connectivity index (χ1v) is 8.98. The molecule has 6 nitrogen and oxygen atoms in total. The van der Waals surface area contributed by atoms with E-state index in [9.17, 15) is 9.59 Å². The maximum Gasteiger partial charge on any atom is 0.229 e. The molecule has 142 valence electrons. The summed E-state index contributed by atoms with van der Waals surface area (Å²) < 4.78 is 10.6. The summed E-state index contributed by atoms with van der Waals surface area (Å²) in [5.74, 6) is 0.516. The fourth-order valence-electron chi connectivity index (χ4n) is 3.19. The van der Waals surface area contributed by atoms with Gasteiger partial charge in [0.25, 0.3) is 0 Å². The number of amides is 2. The third-order valence-electron chi connectivity index (χ3n) is 4.80. The van der Waals surface area contributed by atoms with E-state index in [1.807, 2.05) is 24.3 Å². The number of anilines is 2. The maximum atomic E-state index is 12.6. The number of aryl methyl sites for hydroxylation is 1. The minimum absolute atomic E-state index is 0.108. The second-order valence-electron chi connectivity index (χ2n) is 6.48. The van der Waals surface area contributed by atoms with Crippen LogP contribution in [0.3, 0.4) is 0 Å². The topological polar surface area (TPSA) is 67.9 Å². The molecule has 0 saturated carbocycles. The molecule has 0 aromatic heterocycles. The number of methoxy groups -OCH3 is 2. The summed E-state index contributed by atoms with van der Waals surface area (Å²) in [6, 6.07) is 13.0. The van der Waals surface area contributed by atoms with E-state index in [4.69, 9.17) is 9.47 Å². The molecular weight excluding hydrogens is 344 g/mol. The average molecular weight is 368 g/mol. The predicted molar refractivity (Wildman–Crippen MR) is 104 cm³/mol. The molecule has 2 amide bonds. The number of rotatable bonds is 6. The molecule has 1 aliphatic heterocycles. The molecule has 1 heterocycles. The molecule has 1 N–H and O–H groups in total. The van der Waals surface area contributed by atoms with Crippen LogP contribution in [0.4, 0.5) is 11.4 Å². The Labute approximate surface area is 159 Å². The van der Waals surface area contributed by atoms with Crippen LogP contribution < -0.4 is 19.7 Å². The number of nitrogens with one attached hydrogen (secondary N) is 1. The largest absolute Gasteiger partial charge is 0.497 e. The van der Waals surface area contributed by atoms with E-state index in [0.717, 1.165) is 12.1 Å². The van der Waals surface area contributed by atoms with E-state index in [1.165, 1.54) is 5.56 Å². The Balaban J connectivity index is 1.74. The van der Waals surface area contributed by atoms with E-state index in [1.54, 1.807) is 37.3 Å². The second kappa shape index (κ2) is 8.12. The van der Waals surface area contributed by atoms with Crippen molar-refractivity contribution < 1.29 is 19.1 Å². The summed E-state index contributed by atoms with van der Waals surface area (Å²) in [7, 11) is 3.12. The van der Waals surface area contributed by atoms with Crippen LogP contribution in [0.5, 0.6) is 11.5 Å². The van der Waals surface area contributed by atoms with E-state index >= 15 is 0 Å². The van der Waals surface area contributed by atoms with Gasteiger partial charge in [0.1, 0.15) is 11.5 Å². The first kappa shape index (κ1) is 18.8. The van der Waals surface area contributed by atoms with Crippen LogP contribution in [0.25, 0.3) is 0 Å². The number of carbonyl (C=O) groups excluding carboxylic acids is 2. The summed E-state index contributed by atoms with van der Waals surface area (Å²) >= 11 is 0. The normalized spacial score (nSPS) is 16.3. The number of hydrogen-bond acceptors (Lipinski definition) is 4. The summed E-state index contributed by atoms with van der Waals surface area (Å²) in [5, 5.41) is 2.91. The molecule has 0 bridgehead atoms. The Morgan fingerprint density at radius 2 is 1.89 bits per heavy atom. The zero-order chi connectivity index (χ0) is 19.4. The van der Waals surface area contributed by atoms with Gasteiger partial charge < -0.3 is 19.7 Å². The van der Waals surface area contributed by atoms with Crippen molar-refractivity contribution >= 4 is 23.2 Å². The Hall–Kier alpha value is -3.02. The summed E-state index contributed by atoms with van der Waals surface area (Å²) in [4.78, 5) is 26.8. The van der Waals surface area contributed by atoms with Crippen LogP contribution in [-0.2, 0) is 16.0 Å². The molecule has 0 radical (unpaired) electrons. The minimum Gasteiger partial charge on any atom is -0.497 e. The summed E-state index contributed by atoms with van der Waals surface area (Å²) in [6.07, 6.45) is 1.11. The van der Waals surface area contributed by atoms with E-state index in [0.29, 0.717) is 23.7 Å². The summed E-state index contributed by atoms with van der Waals surface area (Å²) in [5.41, 5.74) is 2.56. The molecular formula is C21H24N2O4. The van der Waals surface area contributed by atoms with Crippen LogP contribution in [0.15, 0.2) is 42.5 Å². The summed E-state index contributed by atoms with van der Waals surface area (Å²) in [6.45, 7) is 2.39. The van der Waals surface area contributed by atoms with Gasteiger partial charge in [0.15, 0.2) is 0 Å². The van der Waals surface area contributed by atoms with Crippen LogP contribution in [-0.4, -0.2) is 32.6 Å². The Morgan fingerprint density at radius 3 is 2.52 bits per heavy atom. The molecule has 1 atom stereocenters. The molecule has 1 saturated heterocycles. The smallest absolute Gasteiger partial charge is 0.229 e. The van der Waals surface area contributed by atoms with Crippen molar-refractivity contribution in [3.8, 4) is 11.5 Å². The van der Waals surface area contributed by atoms with E-state index in [2.05, 4.69) is 12.2 Å². The fraction of sp³-hybridized carbons (Fsp3) is 0.333. The van der Waals surface area contributed by atoms with Gasteiger partial charge in [0.2, 0.25) is 11.8 Å². The molecule has 3 rings (SSSR count). The lowest BCUT2D eigenvalue weighted by Crippen LogP contribution is -2.28. The number of ether oxygens (including phenoxy) is 2. The lowest BCUT2D eigenvalue weighted by Gasteiger charge is -2.20. The van der Waals surface area contributed by atoms with Gasteiger partial charge in [0, 0.05) is 24.7 Å². The second-order valence-corrected chi connectivity index (χ2v) is 6.48. The number of nitrogens with zero attached hydrogens (tertiary/aromatic N) is 1. The van der Waals surface area contributed by atoms with Crippen molar-refractivity contribution in [2.45, 2.75) is 19.8 Å². The van der Waals surface area contributed by atoms with Gasteiger partial charge in [-0.25, -0.2) is 0 Å². The number of hydrogen-bond donors (Lipinski definition) is 1. The zero-order valence-corrected chi connectivity index (χ0v) is 15.8. The Morgan fingerprint density at radius 1 is 1.15 bits per heavy atom. The lowest BCUT2D eigenvalue weighted by molar-refractivity contribution is -0.122. The first-order valence-electron chi connectivity index (χ1n) is 8.98. The maximum absolute atomic E-state index is 12.6. The number of benzene rings is 2. The van der Waals surface area contributed by atoms with Crippen molar-refractivity contribution in [1.29, 1.82) is 0 Å². The first-order chi connectivity index (χ1) is 13.0. The van der Waals surface area contributed by atoms with Gasteiger partial charge in [-0.3, -0.25) is 9.59 Å². The van der Waals surface area contributed by atoms with Crippen molar-refractivity contribution in [3.05, 3.63) is 48.0 Å². The Bertz CT molecular complexity index is 833. The molecule has 1 fully saturated rings. The third-order valence-corrected chi connectivity index (χ3v) is 4.80. The van der Waals surface area contributed by atoms with Gasteiger partial charge in [-0.15, -0.1) is 0 Å². The average Bonchev–Trinajstić information content (AvgIpc) is 3.09. The zero-order valence-electron chi connectivity index (χ0n) is 15.8. The quantitative estimate of drug-likeness (QED) is 0.850. The van der Waals surface area contributed by atoms with Crippen molar-refractivity contribution in [2.24, 2.45) is 5.92 Å². The van der Waals surface area contributed by atoms with E-state index < -0.39 is 5.92 Å². The van der Waals surface area contributed by atoms with Crippen molar-refractivity contribution in [2.75, 3.05) is 31.0 Å². The molecule has 0 unspecified atom stereocenters. The van der Waals surface area contributed by atoms with Crippen LogP contribution in [0.2, 0.25) is 0 Å². The highest BCUT2D eigenvalue weighted by Crippen LogP contribution is 2.36. The minimum atomic E-state index is -0.417. The molecule has 1 aliphatic rings. The van der Waals surface area contributed by atoms with Gasteiger partial charge in [0.05, 0.1) is 25.8 Å². The van der Waals surface area contributed by atoms with Crippen LogP contribution >= 0.6 is 0 Å². The van der Waals surface area contributed by atoms with E-state index in [-0.39, 0.29) is 18.2 Å². The predicted octanol–water partition coefficient (Wildman–Crippen LogP) is 3.26. The molecule has 2 aromatic rings. The highest BCUT2D eigenvalue weighted by atomic mass is 16.5. The Kier molecular flexibility index (Phi) is 5.64. The molecule has 0 spiro atoms. The molecule has 0 aliphatic carbocycles. The van der Waals surface area contributed by atoms with Gasteiger partial charge >= 0.3 is 0 Å². The molecule has 6 heteroatoms. The fourth-order valence-corrected chi connectivity index (χ4v) is 3.19. The standard InChI is InChI=1S/C21H24N2O4/c1-4-14-5-7-16(8-6-14)22-21(25)15-11-20(24)23(13-15)18-12-17(26-2)9-10-19(18)27-3/h5-10,12,15H,4,11,13H2,1-3H3,(H,22,25)/t15-/m1/s1. The highest BCUT2D eigenvalue weighted by Gasteiger charge is 2.36. The number of carbonyl (C=O) groups is 2. The third kappa shape index (κ3) is 4.05. The molecule has 2 aromatic carbocycles. The van der Waals surface area contributed by atoms with Crippen molar-refractivity contribution in [1.82, 2.24) is 0 Å². The van der Waals surface area contributed by atoms with Crippen molar-refractivity contribution in [3.63, 3.8) is 0 Å². The highest BCUT2D eigenvalue weighted by molar-refractivity contribution is 6.04. The van der Waals surface area contributed by atoms with Gasteiger partial charge in [-0.05, 0) is 36.2 Å². The monoisotopic (exact) mass is 368 g/mol. The van der Waals surface area contributed by atoms with Gasteiger partial charge in [-0.2, -0.15) is 0 Å². The van der Waals surface area contributed by atoms with Crippen LogP contribution in [0.1, 0.15) is 18.9 Å². The molecule has 27 heavy (non-hydrogen) atoms.